The minimum absolute atomic E-state index is 0.0729. The molecule has 0 saturated carbocycles. The van der Waals surface area contributed by atoms with Gasteiger partial charge in [-0.3, -0.25) is 24.2 Å². The van der Waals surface area contributed by atoms with Crippen molar-refractivity contribution in [2.24, 2.45) is 5.92 Å². The molecular formula is C46H56N4O8Si. The van der Waals surface area contributed by atoms with Crippen LogP contribution in [0.5, 0.6) is 5.75 Å². The summed E-state index contributed by atoms with van der Waals surface area (Å²) in [6.07, 6.45) is 0.856. The Labute approximate surface area is 347 Å². The Morgan fingerprint density at radius 3 is 2.31 bits per heavy atom. The van der Waals surface area contributed by atoms with Crippen LogP contribution in [0.3, 0.4) is 0 Å². The van der Waals surface area contributed by atoms with E-state index in [4.69, 9.17) is 9.47 Å². The summed E-state index contributed by atoms with van der Waals surface area (Å²) in [4.78, 5) is 61.1. The molecule has 1 saturated heterocycles. The number of fused-ring (bicyclic) bond motifs is 3. The van der Waals surface area contributed by atoms with Crippen LogP contribution in [0.1, 0.15) is 49.8 Å². The minimum atomic E-state index is -3.15. The fourth-order valence-electron chi connectivity index (χ4n) is 9.40. The highest BCUT2D eigenvalue weighted by Crippen LogP contribution is 2.61. The third-order valence-corrected chi connectivity index (χ3v) is 14.5. The number of anilines is 4. The zero-order chi connectivity index (χ0) is 41.9. The zero-order valence-electron chi connectivity index (χ0n) is 34.3. The van der Waals surface area contributed by atoms with E-state index in [1.807, 2.05) is 124 Å². The highest BCUT2D eigenvalue weighted by atomic mass is 28.4. The number of carbonyl (C=O) groups is 3. The fourth-order valence-corrected chi connectivity index (χ4v) is 12.0. The summed E-state index contributed by atoms with van der Waals surface area (Å²) in [6.45, 7) is 8.81. The van der Waals surface area contributed by atoms with Crippen molar-refractivity contribution >= 4 is 48.8 Å². The van der Waals surface area contributed by atoms with Gasteiger partial charge in [-0.15, -0.1) is 0 Å². The molecule has 0 aliphatic carbocycles. The van der Waals surface area contributed by atoms with E-state index in [-0.39, 0.29) is 43.9 Å². The second-order valence-corrected chi connectivity index (χ2v) is 20.3. The van der Waals surface area contributed by atoms with Gasteiger partial charge in [0.15, 0.2) is 13.9 Å². The van der Waals surface area contributed by atoms with E-state index >= 15 is 4.79 Å². The van der Waals surface area contributed by atoms with Gasteiger partial charge in [0.1, 0.15) is 5.75 Å². The Morgan fingerprint density at radius 1 is 0.915 bits per heavy atom. The Balaban J connectivity index is 1.33. The lowest BCUT2D eigenvalue weighted by molar-refractivity contribution is -0.149. The monoisotopic (exact) mass is 820 g/mol. The number of nitrogens with one attached hydrogen (secondary N) is 1. The molecule has 0 aromatic heterocycles. The molecule has 59 heavy (non-hydrogen) atoms. The van der Waals surface area contributed by atoms with Crippen molar-refractivity contribution in [3.63, 3.8) is 0 Å². The molecule has 3 amide bonds. The van der Waals surface area contributed by atoms with Gasteiger partial charge in [0.05, 0.1) is 43.2 Å². The molecule has 312 valence electrons. The Morgan fingerprint density at radius 2 is 1.63 bits per heavy atom. The van der Waals surface area contributed by atoms with Gasteiger partial charge in [0.2, 0.25) is 11.8 Å². The molecule has 1 spiro atoms. The normalized spacial score (nSPS) is 22.5. The number of ether oxygens (including phenoxy) is 2. The van der Waals surface area contributed by atoms with Crippen LogP contribution >= 0.6 is 0 Å². The minimum Gasteiger partial charge on any atom is -0.494 e. The molecule has 13 heteroatoms. The largest absolute Gasteiger partial charge is 0.494 e. The number of para-hydroxylation sites is 1. The van der Waals surface area contributed by atoms with Crippen LogP contribution in [0.15, 0.2) is 97.1 Å². The predicted octanol–water partition coefficient (Wildman–Crippen LogP) is 5.92. The van der Waals surface area contributed by atoms with Crippen molar-refractivity contribution in [3.05, 3.63) is 114 Å². The van der Waals surface area contributed by atoms with Crippen LogP contribution in [-0.2, 0) is 37.7 Å². The summed E-state index contributed by atoms with van der Waals surface area (Å²) in [5.74, 6) is -0.598. The molecule has 4 aromatic rings. The third kappa shape index (κ3) is 8.19. The maximum absolute atomic E-state index is 15.3. The summed E-state index contributed by atoms with van der Waals surface area (Å²) in [5, 5.41) is 22.8. The number of hydrogen-bond donors (Lipinski definition) is 4. The second-order valence-electron chi connectivity index (χ2n) is 16.3. The molecule has 12 nitrogen and oxygen atoms in total. The highest BCUT2D eigenvalue weighted by molar-refractivity contribution is 6.71. The predicted molar refractivity (Wildman–Crippen MR) is 229 cm³/mol. The first-order chi connectivity index (χ1) is 28.4. The molecule has 4 aromatic carbocycles. The van der Waals surface area contributed by atoms with Gasteiger partial charge in [0, 0.05) is 48.1 Å². The lowest BCUT2D eigenvalue weighted by Gasteiger charge is -2.36. The maximum atomic E-state index is 15.3. The van der Waals surface area contributed by atoms with Gasteiger partial charge in [-0.05, 0) is 105 Å². The third-order valence-electron chi connectivity index (χ3n) is 12.0. The quantitative estimate of drug-likeness (QED) is 0.0798. The smallest absolute Gasteiger partial charge is 0.268 e. The van der Waals surface area contributed by atoms with Crippen molar-refractivity contribution in [3.8, 4) is 5.75 Å². The number of amides is 3. The maximum Gasteiger partial charge on any atom is 0.268 e. The molecule has 3 aliphatic rings. The topological polar surface area (TPSA) is 152 Å². The second kappa shape index (κ2) is 17.8. The summed E-state index contributed by atoms with van der Waals surface area (Å²) in [7, 11) is -3.15. The molecule has 1 unspecified atom stereocenters. The van der Waals surface area contributed by atoms with Crippen molar-refractivity contribution in [2.45, 2.75) is 82.5 Å². The average Bonchev–Trinajstić information content (AvgIpc) is 3.66. The number of nitrogens with zero attached hydrogens (tertiary/aromatic N) is 3. The number of aliphatic hydroxyl groups excluding tert-OH is 2. The standard InChI is InChI=1S/C46H56N4O8Si/c1-5-57-36-19-21-39-33(26-36)27-38(47-22-12-13-24-51)44(54)49(39)35-18-20-40-37(28-35)46(45(55)50(40)34-16-10-7-11-17-34)31(2)43(59(3,4)56)41(58-46)29-42(53)48(23-25-52)30-32-14-8-6-9-15-32/h6-11,14-21,26,28,31,38,41,43,47,51-52,56H,5,12-13,22-25,27,29-30H2,1-4H3/t31-,38?,41+,43-,46+/m0/s1. The van der Waals surface area contributed by atoms with E-state index in [2.05, 4.69) is 5.32 Å². The summed E-state index contributed by atoms with van der Waals surface area (Å²) in [5.41, 5.74) is 2.76. The average molecular weight is 821 g/mol. The molecule has 0 bridgehead atoms. The Hall–Kier alpha value is -4.89. The number of aliphatic hydroxyl groups is 2. The number of hydrogen-bond acceptors (Lipinski definition) is 9. The molecular weight excluding hydrogens is 765 g/mol. The summed E-state index contributed by atoms with van der Waals surface area (Å²) < 4.78 is 13.0. The molecule has 1 fully saturated rings. The van der Waals surface area contributed by atoms with Crippen molar-refractivity contribution < 1.29 is 38.9 Å². The van der Waals surface area contributed by atoms with Crippen LogP contribution in [0.2, 0.25) is 18.6 Å². The lowest BCUT2D eigenvalue weighted by Crippen LogP contribution is -2.49. The van der Waals surface area contributed by atoms with Crippen LogP contribution in [0.4, 0.5) is 22.7 Å². The molecule has 4 N–H and O–H groups in total. The number of rotatable bonds is 16. The highest BCUT2D eigenvalue weighted by Gasteiger charge is 2.67. The van der Waals surface area contributed by atoms with Gasteiger partial charge in [-0.1, -0.05) is 55.5 Å². The van der Waals surface area contributed by atoms with Crippen LogP contribution in [0.25, 0.3) is 0 Å². The van der Waals surface area contributed by atoms with E-state index in [1.165, 1.54) is 0 Å². The Kier molecular flexibility index (Phi) is 12.7. The van der Waals surface area contributed by atoms with Crippen molar-refractivity contribution in [1.29, 1.82) is 0 Å². The molecule has 7 rings (SSSR count). The molecule has 3 heterocycles. The van der Waals surface area contributed by atoms with Gasteiger partial charge in [-0.25, -0.2) is 0 Å². The summed E-state index contributed by atoms with van der Waals surface area (Å²) in [6, 6.07) is 29.7. The Bertz CT molecular complexity index is 2130. The fraction of sp³-hybridized carbons (Fsp3) is 0.413. The van der Waals surface area contributed by atoms with E-state index in [1.54, 1.807) is 14.7 Å². The molecule has 0 radical (unpaired) electrons. The van der Waals surface area contributed by atoms with Gasteiger partial charge in [-0.2, -0.15) is 0 Å². The molecule has 5 atom stereocenters. The van der Waals surface area contributed by atoms with E-state index in [0.717, 1.165) is 11.1 Å². The first-order valence-electron chi connectivity index (χ1n) is 20.7. The van der Waals surface area contributed by atoms with Crippen molar-refractivity contribution in [2.75, 3.05) is 42.7 Å². The number of unbranched alkanes of at least 4 members (excludes halogenated alkanes) is 1. The van der Waals surface area contributed by atoms with Crippen LogP contribution in [-0.4, -0.2) is 91.0 Å². The van der Waals surface area contributed by atoms with Crippen LogP contribution in [0, 0.1) is 5.92 Å². The van der Waals surface area contributed by atoms with Crippen LogP contribution < -0.4 is 19.9 Å². The van der Waals surface area contributed by atoms with E-state index < -0.39 is 37.5 Å². The van der Waals surface area contributed by atoms with Crippen molar-refractivity contribution in [1.82, 2.24) is 10.2 Å². The lowest BCUT2D eigenvalue weighted by atomic mass is 9.82. The number of carbonyl (C=O) groups excluding carboxylic acids is 3. The summed E-state index contributed by atoms with van der Waals surface area (Å²) >= 11 is 0. The first kappa shape index (κ1) is 42.2. The van der Waals surface area contributed by atoms with Gasteiger partial charge >= 0.3 is 0 Å². The van der Waals surface area contributed by atoms with E-state index in [9.17, 15) is 24.6 Å². The SMILES string of the molecule is CCOc1ccc2c(c1)CC(NCCCCO)C(=O)N2c1ccc2c(c1)[C@@]1(O[C@H](CC(=O)N(CCO)Cc3ccccc3)[C@@H]([Si](C)(C)O)[C@@H]1C)C(=O)N2c1ccccc1. The number of benzene rings is 4. The zero-order valence-corrected chi connectivity index (χ0v) is 35.3. The van der Waals surface area contributed by atoms with E-state index in [0.29, 0.717) is 73.0 Å². The first-order valence-corrected chi connectivity index (χ1v) is 23.8. The van der Waals surface area contributed by atoms with Gasteiger partial charge < -0.3 is 34.7 Å². The molecule has 3 aliphatic heterocycles. The van der Waals surface area contributed by atoms with Gasteiger partial charge in [0.25, 0.3) is 5.91 Å².